The van der Waals surface area contributed by atoms with E-state index in [1.54, 1.807) is 0 Å². The van der Waals surface area contributed by atoms with Gasteiger partial charge in [0.15, 0.2) is 0 Å². The van der Waals surface area contributed by atoms with Gasteiger partial charge >= 0.3 is 6.55 Å². The third kappa shape index (κ3) is 3.46. The highest BCUT2D eigenvalue weighted by Crippen LogP contribution is 1.88. The first kappa shape index (κ1) is 4.46. The maximum atomic E-state index is 10.3. The zero-order valence-electron chi connectivity index (χ0n) is 2.19. The molecule has 5 heavy (non-hydrogen) atoms. The van der Waals surface area contributed by atoms with Gasteiger partial charge in [0.05, 0.1) is 0 Å². The number of hydrogen-bond acceptors (Lipinski definition) is 2. The first-order valence-corrected chi connectivity index (χ1v) is 0.877. The summed E-state index contributed by atoms with van der Waals surface area (Å²) in [4.78, 5) is 8.50. The normalized spacial score (nSPS) is 8.60. The van der Waals surface area contributed by atoms with E-state index in [-0.39, 0.29) is 0 Å². The van der Waals surface area contributed by atoms with Crippen molar-refractivity contribution in [2.24, 2.45) is 5.18 Å². The van der Waals surface area contributed by atoms with Crippen LogP contribution >= 0.6 is 0 Å². The summed E-state index contributed by atoms with van der Waals surface area (Å²) in [5.74, 6) is 0. The molecular formula is CHF2NO. The summed E-state index contributed by atoms with van der Waals surface area (Å²) in [6.45, 7) is -3.05. The lowest BCUT2D eigenvalue weighted by molar-refractivity contribution is 0.158. The molecule has 2 nitrogen and oxygen atoms in total. The molecule has 0 aliphatic rings. The monoisotopic (exact) mass is 81.0 g/mol. The third-order valence-corrected chi connectivity index (χ3v) is 0.0797. The van der Waals surface area contributed by atoms with Gasteiger partial charge < -0.3 is 0 Å². The third-order valence-electron chi connectivity index (χ3n) is 0.0797. The average molecular weight is 81.0 g/mol. The number of alkyl halides is 2. The summed E-state index contributed by atoms with van der Waals surface area (Å²) in [5, 5.41) is 1.31. The Kier molecular flexibility index (Phi) is 1.56. The van der Waals surface area contributed by atoms with E-state index in [4.69, 9.17) is 4.91 Å². The Balaban J connectivity index is 2.83. The Bertz CT molecular complexity index is 36.6. The minimum atomic E-state index is -3.05. The topological polar surface area (TPSA) is 29.4 Å². The van der Waals surface area contributed by atoms with Crippen LogP contribution in [-0.4, -0.2) is 6.55 Å². The molecule has 0 fully saturated rings. The minimum absolute atomic E-state index is 1.31. The summed E-state index contributed by atoms with van der Waals surface area (Å²) in [6.07, 6.45) is 0. The fraction of sp³-hybridized carbons (Fsp3) is 1.00. The molecule has 0 aromatic rings. The van der Waals surface area contributed by atoms with Crippen molar-refractivity contribution < 1.29 is 8.78 Å². The fourth-order valence-corrected chi connectivity index (χ4v) is 0. The van der Waals surface area contributed by atoms with E-state index in [0.29, 0.717) is 0 Å². The van der Waals surface area contributed by atoms with Gasteiger partial charge in [0.1, 0.15) is 0 Å². The summed E-state index contributed by atoms with van der Waals surface area (Å²) < 4.78 is 20.6. The van der Waals surface area contributed by atoms with Crippen molar-refractivity contribution in [2.75, 3.05) is 0 Å². The van der Waals surface area contributed by atoms with Crippen molar-refractivity contribution >= 4 is 0 Å². The van der Waals surface area contributed by atoms with E-state index in [1.807, 2.05) is 0 Å². The van der Waals surface area contributed by atoms with Crippen LogP contribution in [0.1, 0.15) is 0 Å². The number of nitroso groups, excluding NO2 is 1. The highest BCUT2D eigenvalue weighted by atomic mass is 19.3. The Morgan fingerprint density at radius 1 is 1.60 bits per heavy atom. The van der Waals surface area contributed by atoms with Gasteiger partial charge in [0.25, 0.3) is 0 Å². The molecule has 0 spiro atoms. The smallest absolute Gasteiger partial charge is 0.181 e. The average Bonchev–Trinajstić information content (AvgIpc) is 1.38. The molecule has 0 bridgehead atoms. The Labute approximate surface area is 26.8 Å². The lowest BCUT2D eigenvalue weighted by atomic mass is 11.4. The van der Waals surface area contributed by atoms with Crippen LogP contribution in [0.2, 0.25) is 0 Å². The summed E-state index contributed by atoms with van der Waals surface area (Å²) in [5.41, 5.74) is 0. The van der Waals surface area contributed by atoms with Gasteiger partial charge in [0.2, 0.25) is 0 Å². The number of nitrogens with zero attached hydrogens (tertiary/aromatic N) is 1. The van der Waals surface area contributed by atoms with Crippen molar-refractivity contribution in [1.82, 2.24) is 0 Å². The molecule has 0 unspecified atom stereocenters. The van der Waals surface area contributed by atoms with Crippen molar-refractivity contribution in [3.8, 4) is 0 Å². The largest absolute Gasteiger partial charge is 0.367 e. The van der Waals surface area contributed by atoms with E-state index in [2.05, 4.69) is 0 Å². The van der Waals surface area contributed by atoms with Gasteiger partial charge in [-0.2, -0.15) is 8.78 Å². The van der Waals surface area contributed by atoms with E-state index < -0.39 is 6.55 Å². The lowest BCUT2D eigenvalue weighted by Crippen LogP contribution is -1.74. The van der Waals surface area contributed by atoms with Gasteiger partial charge in [-0.1, -0.05) is 0 Å². The van der Waals surface area contributed by atoms with E-state index in [0.717, 1.165) is 0 Å². The second kappa shape index (κ2) is 1.75. The predicted octanol–water partition coefficient (Wildman–Crippen LogP) is 0.975. The Morgan fingerprint density at radius 2 is 1.80 bits per heavy atom. The maximum Gasteiger partial charge on any atom is 0.367 e. The standard InChI is InChI=1S/CHF2NO/c2-1(3)4-5/h1H. The summed E-state index contributed by atoms with van der Waals surface area (Å²) in [7, 11) is 0. The first-order chi connectivity index (χ1) is 2.27. The fourth-order valence-electron chi connectivity index (χ4n) is 0. The predicted molar refractivity (Wildman–Crippen MR) is 11.8 cm³/mol. The summed E-state index contributed by atoms with van der Waals surface area (Å²) >= 11 is 0. The molecule has 0 aliphatic carbocycles. The van der Waals surface area contributed by atoms with Crippen LogP contribution in [0, 0.1) is 4.91 Å². The molecule has 30 valence electrons. The number of halogens is 2. The second-order valence-corrected chi connectivity index (χ2v) is 0.383. The molecule has 0 rings (SSSR count). The van der Waals surface area contributed by atoms with Crippen LogP contribution in [0.5, 0.6) is 0 Å². The van der Waals surface area contributed by atoms with Gasteiger partial charge in [0, 0.05) is 5.18 Å². The molecule has 4 heteroatoms. The van der Waals surface area contributed by atoms with E-state index in [1.165, 1.54) is 5.18 Å². The zero-order chi connectivity index (χ0) is 4.28. The van der Waals surface area contributed by atoms with Crippen LogP contribution < -0.4 is 0 Å². The van der Waals surface area contributed by atoms with Crippen molar-refractivity contribution in [2.45, 2.75) is 6.55 Å². The quantitative estimate of drug-likeness (QED) is 0.341. The molecule has 0 aliphatic heterocycles. The molecule has 0 atom stereocenters. The van der Waals surface area contributed by atoms with Crippen LogP contribution in [0.4, 0.5) is 8.78 Å². The maximum absolute atomic E-state index is 10.3. The van der Waals surface area contributed by atoms with Crippen LogP contribution in [0.3, 0.4) is 0 Å². The Morgan fingerprint density at radius 3 is 1.80 bits per heavy atom. The molecule has 0 saturated heterocycles. The van der Waals surface area contributed by atoms with Gasteiger partial charge in [-0.05, 0) is 0 Å². The van der Waals surface area contributed by atoms with E-state index in [9.17, 15) is 8.78 Å². The molecule has 0 N–H and O–H groups in total. The lowest BCUT2D eigenvalue weighted by Gasteiger charge is -1.69. The van der Waals surface area contributed by atoms with Crippen molar-refractivity contribution in [3.05, 3.63) is 4.91 Å². The van der Waals surface area contributed by atoms with Crippen LogP contribution in [-0.2, 0) is 0 Å². The van der Waals surface area contributed by atoms with Crippen LogP contribution in [0.15, 0.2) is 5.18 Å². The first-order valence-electron chi connectivity index (χ1n) is 0.877. The van der Waals surface area contributed by atoms with Gasteiger partial charge in [-0.15, -0.1) is 4.91 Å². The Hall–Kier alpha value is -0.540. The molecule has 0 heterocycles. The zero-order valence-corrected chi connectivity index (χ0v) is 2.19. The van der Waals surface area contributed by atoms with Crippen LogP contribution in [0.25, 0.3) is 0 Å². The minimum Gasteiger partial charge on any atom is -0.181 e. The summed E-state index contributed by atoms with van der Waals surface area (Å²) in [6, 6.07) is 0. The highest BCUT2D eigenvalue weighted by molar-refractivity contribution is 4.21. The second-order valence-electron chi connectivity index (χ2n) is 0.383. The van der Waals surface area contributed by atoms with Gasteiger partial charge in [-0.25, -0.2) is 0 Å². The molecule has 0 saturated carbocycles. The van der Waals surface area contributed by atoms with Crippen molar-refractivity contribution in [3.63, 3.8) is 0 Å². The van der Waals surface area contributed by atoms with Gasteiger partial charge in [-0.3, -0.25) is 0 Å². The highest BCUT2D eigenvalue weighted by Gasteiger charge is 1.92. The van der Waals surface area contributed by atoms with E-state index >= 15 is 0 Å². The molecule has 0 radical (unpaired) electrons. The molecule has 0 aromatic heterocycles. The van der Waals surface area contributed by atoms with Crippen molar-refractivity contribution in [1.29, 1.82) is 0 Å². The number of rotatable bonds is 1. The number of hydrogen-bond donors (Lipinski definition) is 0. The molecule has 0 amide bonds. The SMILES string of the molecule is O=NC(F)F. The molecular weight excluding hydrogens is 80.0 g/mol. The molecule has 0 aromatic carbocycles.